The minimum absolute atomic E-state index is 0.256. The van der Waals surface area contributed by atoms with Crippen LogP contribution in [0.1, 0.15) is 88.5 Å². The molecule has 0 bridgehead atoms. The Morgan fingerprint density at radius 1 is 1.00 bits per heavy atom. The predicted octanol–water partition coefficient (Wildman–Crippen LogP) is 4.40. The fourth-order valence-electron chi connectivity index (χ4n) is 5.75. The van der Waals surface area contributed by atoms with Crippen molar-refractivity contribution in [1.29, 1.82) is 0 Å². The lowest BCUT2D eigenvalue weighted by molar-refractivity contribution is -0.123. The molecule has 3 fully saturated rings. The van der Waals surface area contributed by atoms with Crippen LogP contribution in [0.3, 0.4) is 0 Å². The van der Waals surface area contributed by atoms with Crippen LogP contribution in [0.25, 0.3) is 0 Å². The molecule has 1 aromatic heterocycles. The van der Waals surface area contributed by atoms with E-state index in [2.05, 4.69) is 21.9 Å². The number of nitrogens with one attached hydrogen (secondary N) is 2. The summed E-state index contributed by atoms with van der Waals surface area (Å²) < 4.78 is 5.68. The number of nitrogens with zero attached hydrogens (tertiary/aromatic N) is 1. The molecule has 162 valence electrons. The Bertz CT molecular complexity index is 632. The minimum Gasteiger partial charge on any atom is -0.361 e. The van der Waals surface area contributed by atoms with Crippen LogP contribution < -0.4 is 10.6 Å². The Morgan fingerprint density at radius 2 is 1.76 bits per heavy atom. The van der Waals surface area contributed by atoms with Crippen LogP contribution >= 0.6 is 0 Å². The number of carbonyl (C=O) groups excluding carboxylic acids is 1. The second kappa shape index (κ2) is 10.6. The van der Waals surface area contributed by atoms with E-state index in [1.165, 1.54) is 51.4 Å². The molecule has 0 spiro atoms. The van der Waals surface area contributed by atoms with Gasteiger partial charge in [-0.15, -0.1) is 0 Å². The van der Waals surface area contributed by atoms with Crippen molar-refractivity contribution >= 4 is 5.91 Å². The van der Waals surface area contributed by atoms with Crippen molar-refractivity contribution in [1.82, 2.24) is 15.8 Å². The van der Waals surface area contributed by atoms with E-state index < -0.39 is 0 Å². The van der Waals surface area contributed by atoms with Crippen LogP contribution in [0.2, 0.25) is 0 Å². The molecule has 29 heavy (non-hydrogen) atoms. The molecule has 1 aromatic rings. The molecule has 1 aliphatic heterocycles. The zero-order valence-electron chi connectivity index (χ0n) is 18.0. The topological polar surface area (TPSA) is 67.2 Å². The zero-order valence-corrected chi connectivity index (χ0v) is 18.0. The first-order valence-corrected chi connectivity index (χ1v) is 12.2. The highest BCUT2D eigenvalue weighted by Crippen LogP contribution is 2.29. The maximum atomic E-state index is 12.6. The number of hydrogen-bond acceptors (Lipinski definition) is 4. The summed E-state index contributed by atoms with van der Waals surface area (Å²) in [6.07, 6.45) is 16.7. The van der Waals surface area contributed by atoms with Gasteiger partial charge in [0.1, 0.15) is 5.76 Å². The van der Waals surface area contributed by atoms with Crippen molar-refractivity contribution in [3.8, 4) is 0 Å². The predicted molar refractivity (Wildman–Crippen MR) is 115 cm³/mol. The van der Waals surface area contributed by atoms with Crippen molar-refractivity contribution in [2.45, 2.75) is 95.9 Å². The van der Waals surface area contributed by atoms with Crippen molar-refractivity contribution < 1.29 is 9.32 Å². The van der Waals surface area contributed by atoms with Crippen LogP contribution in [0.4, 0.5) is 0 Å². The summed E-state index contributed by atoms with van der Waals surface area (Å²) in [5.41, 5.74) is 1.07. The van der Waals surface area contributed by atoms with Crippen LogP contribution in [-0.2, 0) is 17.6 Å². The molecule has 5 heteroatoms. The number of carbonyl (C=O) groups is 1. The number of amides is 1. The molecular weight excluding hydrogens is 362 g/mol. The number of aromatic nitrogens is 1. The van der Waals surface area contributed by atoms with Crippen molar-refractivity contribution in [2.24, 2.45) is 17.8 Å². The third-order valence-corrected chi connectivity index (χ3v) is 7.48. The number of rotatable bonds is 7. The van der Waals surface area contributed by atoms with E-state index >= 15 is 0 Å². The van der Waals surface area contributed by atoms with Gasteiger partial charge in [-0.2, -0.15) is 0 Å². The standard InChI is InChI=1S/C24H39N3O2/c28-24(26-21-9-5-2-6-10-21)15-19-11-12-25-17-20(19)14-22-16-23(29-27-22)13-18-7-3-1-4-8-18/h16,18-21,25H,1-15,17H2,(H,26,28). The van der Waals surface area contributed by atoms with Crippen molar-refractivity contribution in [2.75, 3.05) is 13.1 Å². The first kappa shape index (κ1) is 20.9. The van der Waals surface area contributed by atoms with E-state index in [0.717, 1.165) is 62.6 Å². The smallest absolute Gasteiger partial charge is 0.220 e. The normalized spacial score (nSPS) is 27.0. The second-order valence-electron chi connectivity index (χ2n) is 9.82. The zero-order chi connectivity index (χ0) is 19.9. The fraction of sp³-hybridized carbons (Fsp3) is 0.833. The van der Waals surface area contributed by atoms with E-state index in [-0.39, 0.29) is 5.91 Å². The third kappa shape index (κ3) is 6.31. The quantitative estimate of drug-likeness (QED) is 0.710. The highest BCUT2D eigenvalue weighted by Gasteiger charge is 2.29. The van der Waals surface area contributed by atoms with Gasteiger partial charge in [0, 0.05) is 24.9 Å². The number of piperidine rings is 1. The van der Waals surface area contributed by atoms with Gasteiger partial charge in [0.25, 0.3) is 0 Å². The van der Waals surface area contributed by atoms with Crippen LogP contribution in [0.15, 0.2) is 10.6 Å². The van der Waals surface area contributed by atoms with Gasteiger partial charge in [-0.1, -0.05) is 56.5 Å². The van der Waals surface area contributed by atoms with Gasteiger partial charge in [-0.05, 0) is 56.5 Å². The summed E-state index contributed by atoms with van der Waals surface area (Å²) in [7, 11) is 0. The summed E-state index contributed by atoms with van der Waals surface area (Å²) in [5.74, 6) is 3.00. The van der Waals surface area contributed by atoms with Gasteiger partial charge >= 0.3 is 0 Å². The Hall–Kier alpha value is -1.36. The van der Waals surface area contributed by atoms with Crippen LogP contribution in [0, 0.1) is 17.8 Å². The third-order valence-electron chi connectivity index (χ3n) is 7.48. The fourth-order valence-corrected chi connectivity index (χ4v) is 5.75. The molecule has 5 nitrogen and oxygen atoms in total. The van der Waals surface area contributed by atoms with E-state index in [1.54, 1.807) is 0 Å². The minimum atomic E-state index is 0.256. The summed E-state index contributed by atoms with van der Waals surface area (Å²) in [4.78, 5) is 12.6. The highest BCUT2D eigenvalue weighted by molar-refractivity contribution is 5.76. The summed E-state index contributed by atoms with van der Waals surface area (Å²) in [5, 5.41) is 11.2. The Labute approximate surface area is 175 Å². The van der Waals surface area contributed by atoms with Gasteiger partial charge in [-0.3, -0.25) is 4.79 Å². The molecule has 2 aliphatic carbocycles. The van der Waals surface area contributed by atoms with Crippen LogP contribution in [-0.4, -0.2) is 30.2 Å². The molecule has 2 saturated carbocycles. The largest absolute Gasteiger partial charge is 0.361 e. The molecule has 2 unspecified atom stereocenters. The van der Waals surface area contributed by atoms with Crippen LogP contribution in [0.5, 0.6) is 0 Å². The summed E-state index contributed by atoms with van der Waals surface area (Å²) in [6, 6.07) is 2.59. The Kier molecular flexibility index (Phi) is 7.64. The molecule has 2 N–H and O–H groups in total. The maximum absolute atomic E-state index is 12.6. The lowest BCUT2D eigenvalue weighted by Gasteiger charge is -2.32. The van der Waals surface area contributed by atoms with E-state index in [9.17, 15) is 4.79 Å². The summed E-state index contributed by atoms with van der Waals surface area (Å²) in [6.45, 7) is 2.00. The van der Waals surface area contributed by atoms with Gasteiger partial charge < -0.3 is 15.2 Å². The van der Waals surface area contributed by atoms with Gasteiger partial charge in [-0.25, -0.2) is 0 Å². The van der Waals surface area contributed by atoms with Crippen molar-refractivity contribution in [3.05, 3.63) is 17.5 Å². The molecular formula is C24H39N3O2. The monoisotopic (exact) mass is 401 g/mol. The lowest BCUT2D eigenvalue weighted by atomic mass is 9.80. The first-order chi connectivity index (χ1) is 14.3. The molecule has 3 aliphatic rings. The van der Waals surface area contributed by atoms with Gasteiger partial charge in [0.15, 0.2) is 0 Å². The molecule has 4 rings (SSSR count). The molecule has 0 radical (unpaired) electrons. The molecule has 1 amide bonds. The molecule has 2 heterocycles. The average Bonchev–Trinajstić information content (AvgIpc) is 3.18. The Balaban J connectivity index is 1.27. The Morgan fingerprint density at radius 3 is 2.55 bits per heavy atom. The van der Waals surface area contributed by atoms with E-state index in [0.29, 0.717) is 24.3 Å². The lowest BCUT2D eigenvalue weighted by Crippen LogP contribution is -2.42. The van der Waals surface area contributed by atoms with Gasteiger partial charge in [0.05, 0.1) is 5.69 Å². The van der Waals surface area contributed by atoms with Gasteiger partial charge in [0.2, 0.25) is 5.91 Å². The highest BCUT2D eigenvalue weighted by atomic mass is 16.5. The molecule has 1 saturated heterocycles. The second-order valence-corrected chi connectivity index (χ2v) is 9.82. The molecule has 0 aromatic carbocycles. The SMILES string of the molecule is O=C(CC1CCNCC1Cc1cc(CC2CCCCC2)on1)NC1CCCCC1. The van der Waals surface area contributed by atoms with E-state index in [1.807, 2.05) is 0 Å². The molecule has 2 atom stereocenters. The van der Waals surface area contributed by atoms with E-state index in [4.69, 9.17) is 4.52 Å². The summed E-state index contributed by atoms with van der Waals surface area (Å²) >= 11 is 0. The first-order valence-electron chi connectivity index (χ1n) is 12.2. The maximum Gasteiger partial charge on any atom is 0.220 e. The van der Waals surface area contributed by atoms with Crippen molar-refractivity contribution in [3.63, 3.8) is 0 Å². The average molecular weight is 402 g/mol. The number of hydrogen-bond donors (Lipinski definition) is 2.